The highest BCUT2D eigenvalue weighted by atomic mass is 14.4. The van der Waals surface area contributed by atoms with Gasteiger partial charge in [0, 0.05) is 5.41 Å². The second-order valence-electron chi connectivity index (χ2n) is 5.15. The van der Waals surface area contributed by atoms with Gasteiger partial charge in [0.15, 0.2) is 0 Å². The number of hydrogen-bond donors (Lipinski definition) is 0. The van der Waals surface area contributed by atoms with Gasteiger partial charge in [0.2, 0.25) is 0 Å². The molecule has 0 aromatic heterocycles. The minimum Gasteiger partial charge on any atom is -0.0745 e. The number of rotatable bonds is 0. The van der Waals surface area contributed by atoms with Crippen molar-refractivity contribution in [3.05, 3.63) is 24.3 Å². The average molecular weight is 174 g/mol. The second-order valence-corrected chi connectivity index (χ2v) is 5.15. The van der Waals surface area contributed by atoms with Crippen molar-refractivity contribution in [1.29, 1.82) is 0 Å². The summed E-state index contributed by atoms with van der Waals surface area (Å²) in [6.07, 6.45) is 18.3. The van der Waals surface area contributed by atoms with Crippen LogP contribution in [0.2, 0.25) is 0 Å². The van der Waals surface area contributed by atoms with Gasteiger partial charge in [0.25, 0.3) is 0 Å². The number of hydrogen-bond acceptors (Lipinski definition) is 0. The van der Waals surface area contributed by atoms with E-state index in [4.69, 9.17) is 0 Å². The Bertz CT molecular complexity index is 247. The summed E-state index contributed by atoms with van der Waals surface area (Å²) in [6.45, 7) is 0. The first-order valence-electron chi connectivity index (χ1n) is 5.75. The van der Waals surface area contributed by atoms with Crippen LogP contribution in [0.4, 0.5) is 0 Å². The molecule has 2 atom stereocenters. The quantitative estimate of drug-likeness (QED) is 0.525. The molecular weight excluding hydrogens is 156 g/mol. The first kappa shape index (κ1) is 7.84. The maximum atomic E-state index is 2.45. The zero-order valence-corrected chi connectivity index (χ0v) is 8.21. The summed E-state index contributed by atoms with van der Waals surface area (Å²) in [4.78, 5) is 0. The third kappa shape index (κ3) is 1.19. The summed E-state index contributed by atoms with van der Waals surface area (Å²) < 4.78 is 0. The fourth-order valence-corrected chi connectivity index (χ4v) is 3.66. The van der Waals surface area contributed by atoms with Crippen LogP contribution in [0.15, 0.2) is 24.3 Å². The van der Waals surface area contributed by atoms with E-state index in [-0.39, 0.29) is 0 Å². The monoisotopic (exact) mass is 174 g/mol. The molecule has 13 heavy (non-hydrogen) atoms. The molecule has 0 aromatic rings. The Morgan fingerprint density at radius 3 is 2.54 bits per heavy atom. The molecule has 70 valence electrons. The standard InChI is InChI=1S/C13H18/c1-2-8-13(7-1)9-6-11-4-3-5-12(11)10-13/h1-2,7-8,11-12H,3-6,9-10H2. The highest BCUT2D eigenvalue weighted by Gasteiger charge is 2.40. The molecule has 2 fully saturated rings. The first-order chi connectivity index (χ1) is 6.38. The Kier molecular flexibility index (Phi) is 1.65. The molecule has 1 spiro atoms. The second kappa shape index (κ2) is 2.73. The van der Waals surface area contributed by atoms with Gasteiger partial charge in [-0.1, -0.05) is 43.6 Å². The molecule has 0 heteroatoms. The fourth-order valence-electron chi connectivity index (χ4n) is 3.66. The molecule has 0 aromatic carbocycles. The van der Waals surface area contributed by atoms with E-state index < -0.39 is 0 Å². The third-order valence-electron chi connectivity index (χ3n) is 4.41. The van der Waals surface area contributed by atoms with Crippen LogP contribution in [0, 0.1) is 17.3 Å². The molecule has 0 aliphatic heterocycles. The van der Waals surface area contributed by atoms with E-state index in [1.165, 1.54) is 38.5 Å². The van der Waals surface area contributed by atoms with Crippen molar-refractivity contribution >= 4 is 0 Å². The summed E-state index contributed by atoms with van der Waals surface area (Å²) in [6, 6.07) is 0. The summed E-state index contributed by atoms with van der Waals surface area (Å²) in [5, 5.41) is 0. The van der Waals surface area contributed by atoms with Crippen LogP contribution >= 0.6 is 0 Å². The van der Waals surface area contributed by atoms with Gasteiger partial charge >= 0.3 is 0 Å². The highest BCUT2D eigenvalue weighted by Crippen LogP contribution is 2.51. The molecule has 0 bridgehead atoms. The van der Waals surface area contributed by atoms with E-state index >= 15 is 0 Å². The van der Waals surface area contributed by atoms with Gasteiger partial charge in [-0.2, -0.15) is 0 Å². The van der Waals surface area contributed by atoms with Crippen LogP contribution in [0.25, 0.3) is 0 Å². The zero-order chi connectivity index (χ0) is 8.73. The molecule has 3 rings (SSSR count). The van der Waals surface area contributed by atoms with Crippen molar-refractivity contribution in [2.24, 2.45) is 17.3 Å². The van der Waals surface area contributed by atoms with Gasteiger partial charge in [-0.25, -0.2) is 0 Å². The van der Waals surface area contributed by atoms with Crippen molar-refractivity contribution < 1.29 is 0 Å². The minimum absolute atomic E-state index is 0.505. The Morgan fingerprint density at radius 2 is 1.69 bits per heavy atom. The molecule has 0 radical (unpaired) electrons. The Labute approximate surface area is 80.7 Å². The molecule has 3 aliphatic rings. The van der Waals surface area contributed by atoms with Crippen molar-refractivity contribution in [2.75, 3.05) is 0 Å². The SMILES string of the molecule is C1=CC2(C=C1)CCC1CCCC1C2. The lowest BCUT2D eigenvalue weighted by atomic mass is 9.67. The lowest BCUT2D eigenvalue weighted by Gasteiger charge is -2.37. The van der Waals surface area contributed by atoms with E-state index in [0.29, 0.717) is 5.41 Å². The summed E-state index contributed by atoms with van der Waals surface area (Å²) in [5.41, 5.74) is 0.505. The lowest BCUT2D eigenvalue weighted by Crippen LogP contribution is -2.27. The molecule has 0 nitrogen and oxygen atoms in total. The van der Waals surface area contributed by atoms with Gasteiger partial charge in [-0.15, -0.1) is 0 Å². The van der Waals surface area contributed by atoms with E-state index in [1.54, 1.807) is 0 Å². The van der Waals surface area contributed by atoms with Crippen molar-refractivity contribution in [2.45, 2.75) is 38.5 Å². The molecule has 2 saturated carbocycles. The maximum absolute atomic E-state index is 2.45. The van der Waals surface area contributed by atoms with Gasteiger partial charge in [0.1, 0.15) is 0 Å². The van der Waals surface area contributed by atoms with Gasteiger partial charge < -0.3 is 0 Å². The van der Waals surface area contributed by atoms with Crippen LogP contribution in [0.3, 0.4) is 0 Å². The van der Waals surface area contributed by atoms with Crippen LogP contribution in [-0.4, -0.2) is 0 Å². The normalized spacial score (nSPS) is 40.0. The van der Waals surface area contributed by atoms with Crippen molar-refractivity contribution in [3.63, 3.8) is 0 Å². The highest BCUT2D eigenvalue weighted by molar-refractivity contribution is 5.26. The molecule has 0 heterocycles. The average Bonchev–Trinajstić information content (AvgIpc) is 2.74. The largest absolute Gasteiger partial charge is 0.0745 e. The number of allylic oxidation sites excluding steroid dienone is 4. The molecular formula is C13H18. The van der Waals surface area contributed by atoms with E-state index in [2.05, 4.69) is 24.3 Å². The van der Waals surface area contributed by atoms with E-state index in [1.807, 2.05) is 0 Å². The number of fused-ring (bicyclic) bond motifs is 1. The minimum atomic E-state index is 0.505. The van der Waals surface area contributed by atoms with Crippen LogP contribution < -0.4 is 0 Å². The fraction of sp³-hybridized carbons (Fsp3) is 0.692. The molecule has 0 N–H and O–H groups in total. The molecule has 0 amide bonds. The third-order valence-corrected chi connectivity index (χ3v) is 4.41. The summed E-state index contributed by atoms with van der Waals surface area (Å²) >= 11 is 0. The lowest BCUT2D eigenvalue weighted by molar-refractivity contribution is 0.189. The topological polar surface area (TPSA) is 0 Å². The van der Waals surface area contributed by atoms with E-state index in [0.717, 1.165) is 11.8 Å². The van der Waals surface area contributed by atoms with E-state index in [9.17, 15) is 0 Å². The van der Waals surface area contributed by atoms with Crippen LogP contribution in [0.1, 0.15) is 38.5 Å². The first-order valence-corrected chi connectivity index (χ1v) is 5.75. The zero-order valence-electron chi connectivity index (χ0n) is 8.21. The van der Waals surface area contributed by atoms with Gasteiger partial charge in [-0.3, -0.25) is 0 Å². The Morgan fingerprint density at radius 1 is 0.923 bits per heavy atom. The predicted octanol–water partition coefficient (Wildman–Crippen LogP) is 3.70. The Balaban J connectivity index is 1.81. The molecule has 2 unspecified atom stereocenters. The maximum Gasteiger partial charge on any atom is 0.00700 e. The van der Waals surface area contributed by atoms with Gasteiger partial charge in [-0.05, 0) is 31.1 Å². The summed E-state index contributed by atoms with van der Waals surface area (Å²) in [7, 11) is 0. The van der Waals surface area contributed by atoms with Gasteiger partial charge in [0.05, 0.1) is 0 Å². The molecule has 0 saturated heterocycles. The van der Waals surface area contributed by atoms with Crippen molar-refractivity contribution in [3.8, 4) is 0 Å². The van der Waals surface area contributed by atoms with Crippen LogP contribution in [-0.2, 0) is 0 Å². The van der Waals surface area contributed by atoms with Crippen LogP contribution in [0.5, 0.6) is 0 Å². The smallest absolute Gasteiger partial charge is 0.00700 e. The predicted molar refractivity (Wildman–Crippen MR) is 55.4 cm³/mol. The molecule has 3 aliphatic carbocycles. The van der Waals surface area contributed by atoms with Crippen molar-refractivity contribution in [1.82, 2.24) is 0 Å². The Hall–Kier alpha value is -0.520. The summed E-state index contributed by atoms with van der Waals surface area (Å²) in [5.74, 6) is 2.15.